The minimum atomic E-state index is -0.344. The average molecular weight is 263 g/mol. The first-order valence-electron chi connectivity index (χ1n) is 5.83. The first kappa shape index (κ1) is 13.2. The van der Waals surface area contributed by atoms with Crippen LogP contribution in [0.3, 0.4) is 0 Å². The summed E-state index contributed by atoms with van der Waals surface area (Å²) in [6.07, 6.45) is 1.40. The minimum Gasteiger partial charge on any atom is -0.394 e. The monoisotopic (exact) mass is 263 g/mol. The number of H-pyrrole nitrogens is 1. The van der Waals surface area contributed by atoms with Crippen LogP contribution in [-0.4, -0.2) is 33.9 Å². The van der Waals surface area contributed by atoms with Crippen LogP contribution < -0.4 is 5.32 Å². The number of carbonyl (C=O) groups is 1. The lowest BCUT2D eigenvalue weighted by molar-refractivity contribution is 0.0923. The van der Waals surface area contributed by atoms with Gasteiger partial charge in [0, 0.05) is 11.6 Å². The van der Waals surface area contributed by atoms with Crippen molar-refractivity contribution in [3.05, 3.63) is 41.8 Å². The molecule has 2 aromatic rings. The van der Waals surface area contributed by atoms with Gasteiger partial charge in [0.25, 0.3) is 5.91 Å². The molecule has 1 unspecified atom stereocenters. The van der Waals surface area contributed by atoms with E-state index in [4.69, 9.17) is 5.11 Å². The van der Waals surface area contributed by atoms with Gasteiger partial charge in [-0.25, -0.2) is 4.39 Å². The predicted octanol–water partition coefficient (Wildman–Crippen LogP) is 1.33. The zero-order chi connectivity index (χ0) is 13.8. The molecule has 0 spiro atoms. The van der Waals surface area contributed by atoms with E-state index in [1.165, 1.54) is 18.3 Å². The number of aliphatic hydroxyl groups is 1. The van der Waals surface area contributed by atoms with Gasteiger partial charge in [0.15, 0.2) is 0 Å². The molecule has 1 aromatic carbocycles. The zero-order valence-corrected chi connectivity index (χ0v) is 10.4. The van der Waals surface area contributed by atoms with Gasteiger partial charge in [-0.15, -0.1) is 0 Å². The van der Waals surface area contributed by atoms with Crippen molar-refractivity contribution in [2.45, 2.75) is 13.0 Å². The Morgan fingerprint density at radius 2 is 2.16 bits per heavy atom. The van der Waals surface area contributed by atoms with Gasteiger partial charge in [-0.05, 0) is 31.2 Å². The van der Waals surface area contributed by atoms with E-state index < -0.39 is 0 Å². The summed E-state index contributed by atoms with van der Waals surface area (Å²) in [5, 5.41) is 18.1. The van der Waals surface area contributed by atoms with Crippen molar-refractivity contribution in [2.24, 2.45) is 0 Å². The zero-order valence-electron chi connectivity index (χ0n) is 10.4. The Kier molecular flexibility index (Phi) is 3.91. The van der Waals surface area contributed by atoms with Crippen molar-refractivity contribution >= 4 is 5.91 Å². The van der Waals surface area contributed by atoms with E-state index in [-0.39, 0.29) is 24.4 Å². The van der Waals surface area contributed by atoms with Crippen LogP contribution in [0.1, 0.15) is 17.3 Å². The highest BCUT2D eigenvalue weighted by Gasteiger charge is 2.16. The fourth-order valence-corrected chi connectivity index (χ4v) is 1.64. The van der Waals surface area contributed by atoms with Crippen LogP contribution in [0.4, 0.5) is 4.39 Å². The number of rotatable bonds is 4. The SMILES string of the molecule is CC(CO)NC(=O)c1cn[nH]c1-c1ccc(F)cc1. The second-order valence-corrected chi connectivity index (χ2v) is 4.22. The topological polar surface area (TPSA) is 78.0 Å². The quantitative estimate of drug-likeness (QED) is 0.778. The van der Waals surface area contributed by atoms with Crippen molar-refractivity contribution < 1.29 is 14.3 Å². The number of aromatic nitrogens is 2. The van der Waals surface area contributed by atoms with Crippen molar-refractivity contribution in [2.75, 3.05) is 6.61 Å². The molecule has 3 N–H and O–H groups in total. The van der Waals surface area contributed by atoms with Crippen LogP contribution >= 0.6 is 0 Å². The number of hydrogen-bond acceptors (Lipinski definition) is 3. The summed E-state index contributed by atoms with van der Waals surface area (Å²) in [4.78, 5) is 12.0. The van der Waals surface area contributed by atoms with Crippen LogP contribution in [-0.2, 0) is 0 Å². The van der Waals surface area contributed by atoms with E-state index in [9.17, 15) is 9.18 Å². The molecule has 6 heteroatoms. The standard InChI is InChI=1S/C13H14FN3O2/c1-8(7-18)16-13(19)11-6-15-17-12(11)9-2-4-10(14)5-3-9/h2-6,8,18H,7H2,1H3,(H,15,17)(H,16,19). The highest BCUT2D eigenvalue weighted by atomic mass is 19.1. The Morgan fingerprint density at radius 1 is 1.47 bits per heavy atom. The Morgan fingerprint density at radius 3 is 2.79 bits per heavy atom. The molecule has 100 valence electrons. The van der Waals surface area contributed by atoms with Crippen molar-refractivity contribution in [3.63, 3.8) is 0 Å². The molecular weight excluding hydrogens is 249 g/mol. The summed E-state index contributed by atoms with van der Waals surface area (Å²) in [5.74, 6) is -0.683. The Labute approximate surface area is 109 Å². The van der Waals surface area contributed by atoms with Gasteiger partial charge in [-0.3, -0.25) is 9.89 Å². The molecule has 1 atom stereocenters. The predicted molar refractivity (Wildman–Crippen MR) is 68.0 cm³/mol. The molecule has 0 fully saturated rings. The smallest absolute Gasteiger partial charge is 0.255 e. The third kappa shape index (κ3) is 2.97. The summed E-state index contributed by atoms with van der Waals surface area (Å²) in [5.41, 5.74) is 1.54. The van der Waals surface area contributed by atoms with Crippen molar-refractivity contribution in [1.82, 2.24) is 15.5 Å². The van der Waals surface area contributed by atoms with Crippen LogP contribution in [0.2, 0.25) is 0 Å². The molecule has 0 saturated carbocycles. The number of aromatic amines is 1. The van der Waals surface area contributed by atoms with Gasteiger partial charge in [0.2, 0.25) is 0 Å². The lowest BCUT2D eigenvalue weighted by Crippen LogP contribution is -2.35. The highest BCUT2D eigenvalue weighted by Crippen LogP contribution is 2.21. The third-order valence-electron chi connectivity index (χ3n) is 2.67. The largest absolute Gasteiger partial charge is 0.394 e. The van der Waals surface area contributed by atoms with E-state index in [1.807, 2.05) is 0 Å². The van der Waals surface area contributed by atoms with E-state index in [0.29, 0.717) is 16.8 Å². The number of nitrogens with one attached hydrogen (secondary N) is 2. The number of carbonyl (C=O) groups excluding carboxylic acids is 1. The first-order chi connectivity index (χ1) is 9.11. The van der Waals surface area contributed by atoms with Crippen molar-refractivity contribution in [1.29, 1.82) is 0 Å². The number of nitrogens with zero attached hydrogens (tertiary/aromatic N) is 1. The van der Waals surface area contributed by atoms with Gasteiger partial charge >= 0.3 is 0 Å². The first-order valence-corrected chi connectivity index (χ1v) is 5.83. The second-order valence-electron chi connectivity index (χ2n) is 4.22. The highest BCUT2D eigenvalue weighted by molar-refractivity contribution is 5.99. The fraction of sp³-hybridized carbons (Fsp3) is 0.231. The minimum absolute atomic E-state index is 0.143. The molecular formula is C13H14FN3O2. The van der Waals surface area contributed by atoms with E-state index in [2.05, 4.69) is 15.5 Å². The van der Waals surface area contributed by atoms with Gasteiger partial charge in [-0.1, -0.05) is 0 Å². The molecule has 1 amide bonds. The maximum atomic E-state index is 12.9. The summed E-state index contributed by atoms with van der Waals surface area (Å²) < 4.78 is 12.9. The Hall–Kier alpha value is -2.21. The van der Waals surface area contributed by atoms with Gasteiger partial charge in [0.05, 0.1) is 24.1 Å². The number of hydrogen-bond donors (Lipinski definition) is 3. The number of halogens is 1. The molecule has 0 aliphatic carbocycles. The Bertz CT molecular complexity index is 566. The summed E-state index contributed by atoms with van der Waals surface area (Å²) in [6.45, 7) is 1.55. The second kappa shape index (κ2) is 5.62. The summed E-state index contributed by atoms with van der Waals surface area (Å²) in [7, 11) is 0. The fourth-order valence-electron chi connectivity index (χ4n) is 1.64. The van der Waals surface area contributed by atoms with E-state index in [0.717, 1.165) is 0 Å². The molecule has 19 heavy (non-hydrogen) atoms. The van der Waals surface area contributed by atoms with Crippen LogP contribution in [0.25, 0.3) is 11.3 Å². The molecule has 1 heterocycles. The maximum Gasteiger partial charge on any atom is 0.255 e. The molecule has 0 aliphatic rings. The summed E-state index contributed by atoms with van der Waals surface area (Å²) in [6, 6.07) is 5.41. The normalized spacial score (nSPS) is 12.2. The maximum absolute atomic E-state index is 12.9. The summed E-state index contributed by atoms with van der Waals surface area (Å²) >= 11 is 0. The average Bonchev–Trinajstić information content (AvgIpc) is 2.88. The van der Waals surface area contributed by atoms with Gasteiger partial charge in [0.1, 0.15) is 5.82 Å². The Balaban J connectivity index is 2.27. The molecule has 0 radical (unpaired) electrons. The van der Waals surface area contributed by atoms with Gasteiger partial charge in [-0.2, -0.15) is 5.10 Å². The molecule has 2 rings (SSSR count). The van der Waals surface area contributed by atoms with Crippen LogP contribution in [0, 0.1) is 5.82 Å². The lowest BCUT2D eigenvalue weighted by Gasteiger charge is -2.10. The molecule has 0 bridgehead atoms. The van der Waals surface area contributed by atoms with Crippen LogP contribution in [0.5, 0.6) is 0 Å². The van der Waals surface area contributed by atoms with E-state index >= 15 is 0 Å². The van der Waals surface area contributed by atoms with Gasteiger partial charge < -0.3 is 10.4 Å². The number of benzene rings is 1. The third-order valence-corrected chi connectivity index (χ3v) is 2.67. The number of aliphatic hydroxyl groups excluding tert-OH is 1. The van der Waals surface area contributed by atoms with Crippen LogP contribution in [0.15, 0.2) is 30.5 Å². The molecule has 0 aliphatic heterocycles. The lowest BCUT2D eigenvalue weighted by atomic mass is 10.1. The molecule has 1 aromatic heterocycles. The molecule has 0 saturated heterocycles. The van der Waals surface area contributed by atoms with E-state index in [1.54, 1.807) is 19.1 Å². The number of amides is 1. The van der Waals surface area contributed by atoms with Crippen molar-refractivity contribution in [3.8, 4) is 11.3 Å². The molecule has 5 nitrogen and oxygen atoms in total.